The summed E-state index contributed by atoms with van der Waals surface area (Å²) in [5, 5.41) is 12.5. The summed E-state index contributed by atoms with van der Waals surface area (Å²) >= 11 is 1.02. The Hall–Kier alpha value is -2.93. The summed E-state index contributed by atoms with van der Waals surface area (Å²) in [6, 6.07) is 11.2. The van der Waals surface area contributed by atoms with E-state index < -0.39 is 0 Å². The van der Waals surface area contributed by atoms with E-state index in [-0.39, 0.29) is 16.7 Å². The van der Waals surface area contributed by atoms with Crippen molar-refractivity contribution in [2.24, 2.45) is 0 Å². The van der Waals surface area contributed by atoms with Gasteiger partial charge in [0.05, 0.1) is 4.88 Å². The number of nitrogens with one attached hydrogen (secondary N) is 2. The van der Waals surface area contributed by atoms with Crippen molar-refractivity contribution < 1.29 is 9.90 Å². The molecule has 3 N–H and O–H groups in total. The lowest BCUT2D eigenvalue weighted by atomic mass is 10.1. The average Bonchev–Trinajstić information content (AvgIpc) is 2.94. The number of thiazole rings is 1. The van der Waals surface area contributed by atoms with Crippen LogP contribution in [0.5, 0.6) is 5.88 Å². The van der Waals surface area contributed by atoms with Crippen LogP contribution in [0.3, 0.4) is 0 Å². The highest BCUT2D eigenvalue weighted by molar-refractivity contribution is 7.09. The maximum Gasteiger partial charge on any atom is 0.307 e. The van der Waals surface area contributed by atoms with Crippen LogP contribution in [0, 0.1) is 0 Å². The zero-order valence-electron chi connectivity index (χ0n) is 13.4. The van der Waals surface area contributed by atoms with Crippen molar-refractivity contribution in [2.75, 3.05) is 6.54 Å². The first-order valence-electron chi connectivity index (χ1n) is 7.79. The van der Waals surface area contributed by atoms with Gasteiger partial charge in [0, 0.05) is 30.9 Å². The second-order valence-electron chi connectivity index (χ2n) is 5.52. The maximum atomic E-state index is 11.9. The van der Waals surface area contributed by atoms with Gasteiger partial charge in [0.2, 0.25) is 5.88 Å². The van der Waals surface area contributed by atoms with Crippen LogP contribution >= 0.6 is 11.3 Å². The van der Waals surface area contributed by atoms with Crippen LogP contribution in [-0.2, 0) is 12.8 Å². The Morgan fingerprint density at radius 3 is 2.44 bits per heavy atom. The van der Waals surface area contributed by atoms with Gasteiger partial charge in [-0.15, -0.1) is 0 Å². The number of hydrogen-bond acceptors (Lipinski definition) is 5. The molecule has 0 spiro atoms. The van der Waals surface area contributed by atoms with Crippen molar-refractivity contribution in [3.63, 3.8) is 0 Å². The smallest absolute Gasteiger partial charge is 0.307 e. The Bertz CT molecular complexity index is 901. The molecule has 1 aromatic carbocycles. The van der Waals surface area contributed by atoms with Crippen molar-refractivity contribution in [2.45, 2.75) is 12.8 Å². The molecule has 0 atom stereocenters. The Morgan fingerprint density at radius 2 is 1.80 bits per heavy atom. The minimum Gasteiger partial charge on any atom is -0.494 e. The molecule has 0 saturated carbocycles. The van der Waals surface area contributed by atoms with Gasteiger partial charge in [0.25, 0.3) is 5.91 Å². The predicted octanol–water partition coefficient (Wildman–Crippen LogP) is 2.10. The molecule has 2 aromatic heterocycles. The van der Waals surface area contributed by atoms with Gasteiger partial charge in [-0.3, -0.25) is 19.6 Å². The van der Waals surface area contributed by atoms with Crippen LogP contribution < -0.4 is 10.2 Å². The number of carbonyl (C=O) groups is 1. The normalized spacial score (nSPS) is 10.6. The molecule has 2 heterocycles. The molecular weight excluding hydrogens is 338 g/mol. The number of aromatic amines is 1. The largest absolute Gasteiger partial charge is 0.494 e. The molecule has 0 unspecified atom stereocenters. The fourth-order valence-electron chi connectivity index (χ4n) is 2.41. The van der Waals surface area contributed by atoms with Crippen LogP contribution in [0.4, 0.5) is 0 Å². The number of benzene rings is 1. The molecule has 0 aliphatic carbocycles. The molecule has 0 bridgehead atoms. The fraction of sp³-hybridized carbons (Fsp3) is 0.167. The van der Waals surface area contributed by atoms with Crippen molar-refractivity contribution >= 4 is 17.2 Å². The van der Waals surface area contributed by atoms with Crippen molar-refractivity contribution in [3.8, 4) is 5.88 Å². The third-order valence-electron chi connectivity index (χ3n) is 3.73. The second-order valence-corrected chi connectivity index (χ2v) is 6.59. The molecule has 3 rings (SSSR count). The third-order valence-corrected chi connectivity index (χ3v) is 4.60. The summed E-state index contributed by atoms with van der Waals surface area (Å²) < 4.78 is 0. The number of pyridine rings is 1. The molecule has 0 fully saturated rings. The van der Waals surface area contributed by atoms with Crippen LogP contribution in [0.15, 0.2) is 53.6 Å². The summed E-state index contributed by atoms with van der Waals surface area (Å²) in [5.41, 5.74) is 2.70. The standard InChI is InChI=1S/C18H17N3O3S/c22-16(14-6-8-19-9-7-14)20-10-5-12-1-3-13(4-2-12)11-15-17(23)21-18(24)25-15/h1-4,6-9,23H,5,10-11H2,(H,20,22)(H,21,24). The van der Waals surface area contributed by atoms with Crippen molar-refractivity contribution in [3.05, 3.63) is 80.0 Å². The summed E-state index contributed by atoms with van der Waals surface area (Å²) in [7, 11) is 0. The molecule has 0 radical (unpaired) electrons. The first-order valence-corrected chi connectivity index (χ1v) is 8.60. The number of aromatic nitrogens is 2. The average molecular weight is 355 g/mol. The van der Waals surface area contributed by atoms with E-state index in [0.29, 0.717) is 23.4 Å². The van der Waals surface area contributed by atoms with E-state index in [2.05, 4.69) is 15.3 Å². The van der Waals surface area contributed by atoms with Gasteiger partial charge >= 0.3 is 4.87 Å². The van der Waals surface area contributed by atoms with E-state index in [1.807, 2.05) is 24.3 Å². The predicted molar refractivity (Wildman–Crippen MR) is 96.1 cm³/mol. The van der Waals surface area contributed by atoms with Gasteiger partial charge in [-0.1, -0.05) is 35.6 Å². The summed E-state index contributed by atoms with van der Waals surface area (Å²) in [4.78, 5) is 29.8. The third kappa shape index (κ3) is 4.54. The molecule has 25 heavy (non-hydrogen) atoms. The minimum absolute atomic E-state index is 0.0575. The van der Waals surface area contributed by atoms with Crippen molar-refractivity contribution in [1.82, 2.24) is 15.3 Å². The lowest BCUT2D eigenvalue weighted by Crippen LogP contribution is -2.25. The SMILES string of the molecule is O=C(NCCc1ccc(Cc2sc(=O)[nH]c2O)cc1)c1ccncc1. The number of H-pyrrole nitrogens is 1. The topological polar surface area (TPSA) is 95.1 Å². The van der Waals surface area contributed by atoms with E-state index in [1.54, 1.807) is 24.5 Å². The molecule has 0 aliphatic rings. The summed E-state index contributed by atoms with van der Waals surface area (Å²) in [6.45, 7) is 0.542. The van der Waals surface area contributed by atoms with E-state index >= 15 is 0 Å². The Balaban J connectivity index is 1.52. The zero-order chi connectivity index (χ0) is 17.6. The Morgan fingerprint density at radius 1 is 1.12 bits per heavy atom. The molecule has 1 amide bonds. The van der Waals surface area contributed by atoms with Gasteiger partial charge in [-0.05, 0) is 29.7 Å². The van der Waals surface area contributed by atoms with Crippen LogP contribution in [-0.4, -0.2) is 27.5 Å². The molecule has 0 aliphatic heterocycles. The number of carbonyl (C=O) groups excluding carboxylic acids is 1. The number of nitrogens with zero attached hydrogens (tertiary/aromatic N) is 1. The maximum absolute atomic E-state index is 11.9. The molecule has 3 aromatic rings. The molecular formula is C18H17N3O3S. The fourth-order valence-corrected chi connectivity index (χ4v) is 3.16. The quantitative estimate of drug-likeness (QED) is 0.631. The first-order chi connectivity index (χ1) is 12.1. The van der Waals surface area contributed by atoms with E-state index in [1.165, 1.54) is 0 Å². The number of amides is 1. The zero-order valence-corrected chi connectivity index (χ0v) is 14.2. The second kappa shape index (κ2) is 7.76. The highest BCUT2D eigenvalue weighted by Gasteiger charge is 2.08. The first kappa shape index (κ1) is 16.9. The number of hydrogen-bond donors (Lipinski definition) is 3. The van der Waals surface area contributed by atoms with Gasteiger partial charge in [0.1, 0.15) is 0 Å². The van der Waals surface area contributed by atoms with E-state index in [9.17, 15) is 14.7 Å². The minimum atomic E-state index is -0.256. The lowest BCUT2D eigenvalue weighted by molar-refractivity contribution is 0.0954. The Kier molecular flexibility index (Phi) is 5.25. The van der Waals surface area contributed by atoms with E-state index in [4.69, 9.17) is 0 Å². The molecule has 6 nitrogen and oxygen atoms in total. The van der Waals surface area contributed by atoms with Crippen LogP contribution in [0.2, 0.25) is 0 Å². The molecule has 7 heteroatoms. The molecule has 128 valence electrons. The highest BCUT2D eigenvalue weighted by Crippen LogP contribution is 2.20. The lowest BCUT2D eigenvalue weighted by Gasteiger charge is -2.06. The van der Waals surface area contributed by atoms with Crippen molar-refractivity contribution in [1.29, 1.82) is 0 Å². The summed E-state index contributed by atoms with van der Waals surface area (Å²) in [5.74, 6) is -0.172. The van der Waals surface area contributed by atoms with Crippen LogP contribution in [0.1, 0.15) is 26.4 Å². The van der Waals surface area contributed by atoms with E-state index in [0.717, 1.165) is 28.9 Å². The number of aromatic hydroxyl groups is 1. The monoisotopic (exact) mass is 355 g/mol. The highest BCUT2D eigenvalue weighted by atomic mass is 32.1. The van der Waals surface area contributed by atoms with Gasteiger partial charge in [-0.2, -0.15) is 0 Å². The van der Waals surface area contributed by atoms with Gasteiger partial charge in [0.15, 0.2) is 0 Å². The van der Waals surface area contributed by atoms with Gasteiger partial charge < -0.3 is 10.4 Å². The summed E-state index contributed by atoms with van der Waals surface area (Å²) in [6.07, 6.45) is 4.41. The molecule has 0 saturated heterocycles. The number of rotatable bonds is 6. The Labute approximate surface area is 148 Å². The van der Waals surface area contributed by atoms with Crippen LogP contribution in [0.25, 0.3) is 0 Å². The van der Waals surface area contributed by atoms with Gasteiger partial charge in [-0.25, -0.2) is 0 Å².